The van der Waals surface area contributed by atoms with E-state index in [0.717, 1.165) is 18.3 Å². The fraction of sp³-hybridized carbons (Fsp3) is 0.0769. The van der Waals surface area contributed by atoms with Crippen molar-refractivity contribution in [3.63, 3.8) is 0 Å². The Morgan fingerprint density at radius 3 is 1.52 bits per heavy atom. The van der Waals surface area contributed by atoms with Gasteiger partial charge in [-0.3, -0.25) is 0 Å². The molecule has 0 atom stereocenters. The molecule has 3 rings (SSSR count). The van der Waals surface area contributed by atoms with Gasteiger partial charge in [-0.15, -0.1) is 0 Å². The molecule has 0 unspecified atom stereocenters. The zero-order valence-corrected chi connectivity index (χ0v) is 13.8. The van der Waals surface area contributed by atoms with E-state index in [1.54, 1.807) is 24.3 Å². The van der Waals surface area contributed by atoms with Crippen LogP contribution in [0.2, 0.25) is 0 Å². The first-order valence-electron chi connectivity index (χ1n) is 5.75. The maximum absolute atomic E-state index is 13.0. The quantitative estimate of drug-likeness (QED) is 0.206. The van der Waals surface area contributed by atoms with Crippen LogP contribution >= 0.6 is 0 Å². The zero-order valence-electron chi connectivity index (χ0n) is 10.9. The number of benzene rings is 2. The molecule has 0 bridgehead atoms. The molecule has 1 heterocycles. The lowest BCUT2D eigenvalue weighted by Crippen LogP contribution is -3.61. The highest BCUT2D eigenvalue weighted by Crippen LogP contribution is 2.23. The fourth-order valence-corrected chi connectivity index (χ4v) is 4.74. The summed E-state index contributed by atoms with van der Waals surface area (Å²) in [4.78, 5) is 0. The molecule has 2 aromatic rings. The monoisotopic (exact) mass is 464 g/mol. The Morgan fingerprint density at radius 2 is 1.22 bits per heavy atom. The van der Waals surface area contributed by atoms with Gasteiger partial charge in [-0.2, -0.15) is 13.2 Å². The van der Waals surface area contributed by atoms with Gasteiger partial charge in [-0.25, -0.2) is 17.2 Å². The minimum Gasteiger partial charge on any atom is -0.741 e. The van der Waals surface area contributed by atoms with Crippen molar-refractivity contribution in [1.29, 1.82) is 0 Å². The smallest absolute Gasteiger partial charge is 0.485 e. The topological polar surface area (TPSA) is 57.2 Å². The van der Waals surface area contributed by atoms with E-state index in [4.69, 9.17) is 13.0 Å². The van der Waals surface area contributed by atoms with Gasteiger partial charge in [0.05, 0.1) is 0 Å². The fourth-order valence-electron chi connectivity index (χ4n) is 1.68. The SMILES string of the molecule is Fc1ccc2c(c1)[I+]c1cc(F)ccc1-2.O=S(=O)([O-])C(F)(F)F. The predicted molar refractivity (Wildman–Crippen MR) is 64.9 cm³/mol. The average molecular weight is 464 g/mol. The number of hydrogen-bond acceptors (Lipinski definition) is 3. The van der Waals surface area contributed by atoms with Crippen molar-refractivity contribution in [2.45, 2.75) is 5.51 Å². The van der Waals surface area contributed by atoms with Crippen LogP contribution in [0.4, 0.5) is 22.0 Å². The van der Waals surface area contributed by atoms with Gasteiger partial charge >= 0.3 is 26.7 Å². The van der Waals surface area contributed by atoms with Gasteiger partial charge in [0.2, 0.25) is 7.14 Å². The summed E-state index contributed by atoms with van der Waals surface area (Å²) in [5.74, 6) is -0.413. The van der Waals surface area contributed by atoms with Gasteiger partial charge in [0.1, 0.15) is 11.6 Å². The van der Waals surface area contributed by atoms with E-state index in [2.05, 4.69) is 0 Å². The second kappa shape index (κ2) is 6.32. The standard InChI is InChI=1S/C12H6F2I.CHF3O3S/c13-7-1-3-9-10-4-2-8(14)6-12(10)15-11(9)5-7;2-1(3,4)8(5,6)7/h1-6H;(H,5,6,7)/q+1;/p-1. The van der Waals surface area contributed by atoms with Crippen LogP contribution in [-0.4, -0.2) is 18.5 Å². The van der Waals surface area contributed by atoms with Gasteiger partial charge in [-0.1, -0.05) is 0 Å². The second-order valence-corrected chi connectivity index (χ2v) is 8.48. The summed E-state index contributed by atoms with van der Waals surface area (Å²) in [6, 6.07) is 9.63. The summed E-state index contributed by atoms with van der Waals surface area (Å²) < 4.78 is 87.0. The number of fused-ring (bicyclic) bond motifs is 3. The van der Waals surface area contributed by atoms with Gasteiger partial charge in [0.15, 0.2) is 10.1 Å². The third-order valence-corrected chi connectivity index (χ3v) is 6.15. The van der Waals surface area contributed by atoms with Gasteiger partial charge in [0.25, 0.3) is 0 Å². The van der Waals surface area contributed by atoms with E-state index in [1.165, 1.54) is 12.1 Å². The molecule has 0 aromatic heterocycles. The van der Waals surface area contributed by atoms with Crippen LogP contribution in [0.1, 0.15) is 0 Å². The molecular formula is C13H6F5IO3S. The molecule has 0 aliphatic carbocycles. The molecule has 124 valence electrons. The summed E-state index contributed by atoms with van der Waals surface area (Å²) in [7, 11) is -6.09. The van der Waals surface area contributed by atoms with Crippen LogP contribution < -0.4 is 21.2 Å². The maximum atomic E-state index is 13.0. The molecule has 0 saturated carbocycles. The number of hydrogen-bond donors (Lipinski definition) is 0. The van der Waals surface area contributed by atoms with Gasteiger partial charge in [-0.05, 0) is 24.3 Å². The van der Waals surface area contributed by atoms with Crippen molar-refractivity contribution in [3.05, 3.63) is 55.2 Å². The normalized spacial score (nSPS) is 13.0. The molecule has 2 aromatic carbocycles. The van der Waals surface area contributed by atoms with Crippen molar-refractivity contribution in [3.8, 4) is 11.1 Å². The van der Waals surface area contributed by atoms with Crippen molar-refractivity contribution < 1.29 is 56.1 Å². The molecule has 1 aliphatic heterocycles. The summed E-state index contributed by atoms with van der Waals surface area (Å²) in [5.41, 5.74) is -3.51. The van der Waals surface area contributed by atoms with Gasteiger partial charge in [0, 0.05) is 23.3 Å². The first-order valence-corrected chi connectivity index (χ1v) is 9.32. The van der Waals surface area contributed by atoms with E-state index < -0.39 is 36.8 Å². The molecule has 0 saturated heterocycles. The highest BCUT2D eigenvalue weighted by molar-refractivity contribution is 7.86. The third-order valence-electron chi connectivity index (χ3n) is 2.64. The van der Waals surface area contributed by atoms with E-state index >= 15 is 0 Å². The Bertz CT molecular complexity index is 800. The highest BCUT2D eigenvalue weighted by Gasteiger charge is 2.37. The van der Waals surface area contributed by atoms with Crippen molar-refractivity contribution in [2.24, 2.45) is 0 Å². The highest BCUT2D eigenvalue weighted by atomic mass is 127. The van der Waals surface area contributed by atoms with Crippen LogP contribution in [0.25, 0.3) is 11.1 Å². The van der Waals surface area contributed by atoms with Crippen molar-refractivity contribution in [1.82, 2.24) is 0 Å². The van der Waals surface area contributed by atoms with Crippen LogP contribution in [0.3, 0.4) is 0 Å². The van der Waals surface area contributed by atoms with Crippen LogP contribution in [0.15, 0.2) is 36.4 Å². The molecule has 0 radical (unpaired) electrons. The van der Waals surface area contributed by atoms with Crippen LogP contribution in [0, 0.1) is 18.8 Å². The number of rotatable bonds is 0. The minimum absolute atomic E-state index is 0.207. The summed E-state index contributed by atoms with van der Waals surface area (Å²) in [5, 5.41) is 0. The Morgan fingerprint density at radius 1 is 0.870 bits per heavy atom. The Balaban J connectivity index is 0.000000207. The van der Waals surface area contributed by atoms with Crippen molar-refractivity contribution >= 4 is 10.1 Å². The number of alkyl halides is 3. The lowest BCUT2D eigenvalue weighted by molar-refractivity contribution is -0.590. The lowest BCUT2D eigenvalue weighted by Gasteiger charge is -2.08. The van der Waals surface area contributed by atoms with E-state index in [9.17, 15) is 22.0 Å². The Kier molecular flexibility index (Phi) is 4.97. The van der Waals surface area contributed by atoms with Crippen molar-refractivity contribution in [2.75, 3.05) is 0 Å². The first-order chi connectivity index (χ1) is 10.5. The second-order valence-electron chi connectivity index (χ2n) is 4.24. The van der Waals surface area contributed by atoms with Crippen LogP contribution in [-0.2, 0) is 10.1 Å². The van der Waals surface area contributed by atoms with E-state index in [-0.39, 0.29) is 11.6 Å². The molecule has 0 N–H and O–H groups in total. The maximum Gasteiger partial charge on any atom is 0.485 e. The molecule has 10 heteroatoms. The summed E-state index contributed by atoms with van der Waals surface area (Å²) in [6.45, 7) is 0. The molecule has 0 fully saturated rings. The molecule has 1 aliphatic rings. The van der Waals surface area contributed by atoms with E-state index in [0.29, 0.717) is 0 Å². The summed E-state index contributed by atoms with van der Waals surface area (Å²) >= 11 is -0.411. The summed E-state index contributed by atoms with van der Waals surface area (Å²) in [6.07, 6.45) is 0. The third kappa shape index (κ3) is 4.18. The van der Waals surface area contributed by atoms with Gasteiger partial charge < -0.3 is 4.55 Å². The molecular weight excluding hydrogens is 458 g/mol. The first kappa shape index (κ1) is 18.1. The van der Waals surface area contributed by atoms with Crippen LogP contribution in [0.5, 0.6) is 0 Å². The minimum atomic E-state index is -6.09. The number of halogens is 6. The Hall–Kier alpha value is -1.27. The molecule has 0 amide bonds. The molecule has 23 heavy (non-hydrogen) atoms. The molecule has 0 spiro atoms. The average Bonchev–Trinajstić information content (AvgIpc) is 2.72. The Labute approximate surface area is 138 Å². The lowest BCUT2D eigenvalue weighted by atomic mass is 10.1. The van der Waals surface area contributed by atoms with E-state index in [1.807, 2.05) is 0 Å². The largest absolute Gasteiger partial charge is 0.741 e. The molecule has 3 nitrogen and oxygen atoms in total. The zero-order chi connectivity index (χ0) is 17.4. The predicted octanol–water partition coefficient (Wildman–Crippen LogP) is 0.125.